The second-order valence-corrected chi connectivity index (χ2v) is 7.50. The van der Waals surface area contributed by atoms with E-state index in [1.54, 1.807) is 48.0 Å². The fraction of sp³-hybridized carbons (Fsp3) is 0.0455. The Morgan fingerprint density at radius 3 is 2.36 bits per heavy atom. The lowest BCUT2D eigenvalue weighted by atomic mass is 10.1. The van der Waals surface area contributed by atoms with Crippen LogP contribution in [0.5, 0.6) is 0 Å². The number of pyridine rings is 1. The molecule has 4 rings (SSSR count). The summed E-state index contributed by atoms with van der Waals surface area (Å²) in [5, 5.41) is 6.52. The molecule has 0 saturated carbocycles. The molecule has 4 aromatic rings. The van der Waals surface area contributed by atoms with Gasteiger partial charge in [-0.15, -0.1) is 11.3 Å². The van der Waals surface area contributed by atoms with Crippen molar-refractivity contribution >= 4 is 34.5 Å². The minimum Gasteiger partial charge on any atom is -0.326 e. The molecule has 2 aromatic carbocycles. The first-order valence-corrected chi connectivity index (χ1v) is 9.94. The molecule has 6 heteroatoms. The van der Waals surface area contributed by atoms with Crippen molar-refractivity contribution in [2.45, 2.75) is 6.42 Å². The fourth-order valence-electron chi connectivity index (χ4n) is 2.75. The standard InChI is InChI=1S/C22H16ClN3OS/c23-18-5-7-19(8-6-18)25-21(27)13-15-1-3-16(4-2-15)20-14-28-22(26-20)17-9-11-24-12-10-17/h1-12,14H,13H2,(H,25,27). The quantitative estimate of drug-likeness (QED) is 0.463. The summed E-state index contributed by atoms with van der Waals surface area (Å²) in [6, 6.07) is 18.9. The lowest BCUT2D eigenvalue weighted by Gasteiger charge is -2.06. The molecular weight excluding hydrogens is 390 g/mol. The van der Waals surface area contributed by atoms with Gasteiger partial charge in [0.15, 0.2) is 0 Å². The van der Waals surface area contributed by atoms with E-state index in [9.17, 15) is 4.79 Å². The molecule has 0 aliphatic rings. The summed E-state index contributed by atoms with van der Waals surface area (Å²) in [5.41, 5.74) is 4.69. The van der Waals surface area contributed by atoms with Crippen molar-refractivity contribution in [3.8, 4) is 21.8 Å². The smallest absolute Gasteiger partial charge is 0.228 e. The van der Waals surface area contributed by atoms with E-state index in [2.05, 4.69) is 10.3 Å². The van der Waals surface area contributed by atoms with Gasteiger partial charge in [0.2, 0.25) is 5.91 Å². The lowest BCUT2D eigenvalue weighted by Crippen LogP contribution is -2.14. The summed E-state index contributed by atoms with van der Waals surface area (Å²) in [4.78, 5) is 21.0. The molecule has 1 amide bonds. The van der Waals surface area contributed by atoms with Gasteiger partial charge in [0.25, 0.3) is 0 Å². The van der Waals surface area contributed by atoms with Crippen LogP contribution >= 0.6 is 22.9 Å². The highest BCUT2D eigenvalue weighted by molar-refractivity contribution is 7.13. The Morgan fingerprint density at radius 1 is 0.929 bits per heavy atom. The van der Waals surface area contributed by atoms with Crippen molar-refractivity contribution in [3.05, 3.63) is 89.0 Å². The lowest BCUT2D eigenvalue weighted by molar-refractivity contribution is -0.115. The normalized spacial score (nSPS) is 10.6. The van der Waals surface area contributed by atoms with Crippen molar-refractivity contribution in [2.24, 2.45) is 0 Å². The molecule has 0 spiro atoms. The third-order valence-electron chi connectivity index (χ3n) is 4.17. The van der Waals surface area contributed by atoms with Gasteiger partial charge in [0.1, 0.15) is 5.01 Å². The molecule has 0 radical (unpaired) electrons. The molecule has 0 saturated heterocycles. The van der Waals surface area contributed by atoms with Crippen molar-refractivity contribution in [2.75, 3.05) is 5.32 Å². The number of halogens is 1. The number of aromatic nitrogens is 2. The van der Waals surface area contributed by atoms with Crippen LogP contribution in [0.3, 0.4) is 0 Å². The molecule has 0 bridgehead atoms. The number of hydrogen-bond donors (Lipinski definition) is 1. The first kappa shape index (κ1) is 18.3. The number of thiazole rings is 1. The second-order valence-electron chi connectivity index (χ2n) is 6.20. The van der Waals surface area contributed by atoms with Crippen LogP contribution in [0.25, 0.3) is 21.8 Å². The number of anilines is 1. The van der Waals surface area contributed by atoms with Gasteiger partial charge in [-0.2, -0.15) is 0 Å². The summed E-state index contributed by atoms with van der Waals surface area (Å²) in [6.45, 7) is 0. The maximum absolute atomic E-state index is 12.2. The van der Waals surface area contributed by atoms with E-state index in [1.165, 1.54) is 0 Å². The Kier molecular flexibility index (Phi) is 5.46. The van der Waals surface area contributed by atoms with Crippen LogP contribution in [0, 0.1) is 0 Å². The topological polar surface area (TPSA) is 54.9 Å². The number of nitrogens with zero attached hydrogens (tertiary/aromatic N) is 2. The summed E-state index contributed by atoms with van der Waals surface area (Å²) in [6.07, 6.45) is 3.84. The third kappa shape index (κ3) is 4.44. The van der Waals surface area contributed by atoms with E-state index in [4.69, 9.17) is 16.6 Å². The molecule has 0 aliphatic carbocycles. The van der Waals surface area contributed by atoms with Crippen LogP contribution in [0.1, 0.15) is 5.56 Å². The average molecular weight is 406 g/mol. The molecule has 0 unspecified atom stereocenters. The third-order valence-corrected chi connectivity index (χ3v) is 5.32. The highest BCUT2D eigenvalue weighted by Gasteiger charge is 2.08. The van der Waals surface area contributed by atoms with E-state index in [-0.39, 0.29) is 5.91 Å². The second kappa shape index (κ2) is 8.33. The van der Waals surface area contributed by atoms with Crippen molar-refractivity contribution < 1.29 is 4.79 Å². The van der Waals surface area contributed by atoms with Gasteiger partial charge < -0.3 is 5.32 Å². The Bertz CT molecular complexity index is 1080. The average Bonchev–Trinajstić information content (AvgIpc) is 3.21. The maximum atomic E-state index is 12.2. The monoisotopic (exact) mass is 405 g/mol. The SMILES string of the molecule is O=C(Cc1ccc(-c2csc(-c3ccncc3)n2)cc1)Nc1ccc(Cl)cc1. The summed E-state index contributed by atoms with van der Waals surface area (Å²) >= 11 is 7.46. The van der Waals surface area contributed by atoms with E-state index in [0.29, 0.717) is 11.4 Å². The zero-order valence-corrected chi connectivity index (χ0v) is 16.4. The Hall–Kier alpha value is -3.02. The van der Waals surface area contributed by atoms with Gasteiger partial charge in [0, 0.05) is 39.6 Å². The highest BCUT2D eigenvalue weighted by Crippen LogP contribution is 2.28. The Balaban J connectivity index is 1.42. The van der Waals surface area contributed by atoms with Crippen LogP contribution in [0.2, 0.25) is 5.02 Å². The number of benzene rings is 2. The van der Waals surface area contributed by atoms with Crippen LogP contribution < -0.4 is 5.32 Å². The molecule has 0 fully saturated rings. The van der Waals surface area contributed by atoms with Crippen LogP contribution in [0.15, 0.2) is 78.4 Å². The predicted octanol–water partition coefficient (Wildman–Crippen LogP) is 5.71. The minimum atomic E-state index is -0.0660. The van der Waals surface area contributed by atoms with Gasteiger partial charge >= 0.3 is 0 Å². The molecule has 0 aliphatic heterocycles. The molecule has 4 nitrogen and oxygen atoms in total. The number of nitrogens with one attached hydrogen (secondary N) is 1. The highest BCUT2D eigenvalue weighted by atomic mass is 35.5. The summed E-state index contributed by atoms with van der Waals surface area (Å²) < 4.78 is 0. The molecule has 28 heavy (non-hydrogen) atoms. The Labute approximate surface area is 171 Å². The van der Waals surface area contributed by atoms with Crippen LogP contribution in [-0.4, -0.2) is 15.9 Å². The summed E-state index contributed by atoms with van der Waals surface area (Å²) in [5.74, 6) is -0.0660. The van der Waals surface area contributed by atoms with Crippen LogP contribution in [-0.2, 0) is 11.2 Å². The number of carbonyl (C=O) groups excluding carboxylic acids is 1. The zero-order valence-electron chi connectivity index (χ0n) is 14.8. The van der Waals surface area contributed by atoms with Gasteiger partial charge in [-0.1, -0.05) is 35.9 Å². The number of carbonyl (C=O) groups is 1. The largest absolute Gasteiger partial charge is 0.326 e. The minimum absolute atomic E-state index is 0.0660. The van der Waals surface area contributed by atoms with Gasteiger partial charge in [-0.05, 0) is 42.0 Å². The Morgan fingerprint density at radius 2 is 1.64 bits per heavy atom. The first-order valence-electron chi connectivity index (χ1n) is 8.68. The zero-order chi connectivity index (χ0) is 19.3. The molecule has 2 aromatic heterocycles. The van der Waals surface area contributed by atoms with E-state index < -0.39 is 0 Å². The first-order chi connectivity index (χ1) is 13.7. The van der Waals surface area contributed by atoms with Crippen molar-refractivity contribution in [1.82, 2.24) is 9.97 Å². The number of amides is 1. The summed E-state index contributed by atoms with van der Waals surface area (Å²) in [7, 11) is 0. The molecule has 0 atom stereocenters. The fourth-order valence-corrected chi connectivity index (χ4v) is 3.71. The van der Waals surface area contributed by atoms with Gasteiger partial charge in [0.05, 0.1) is 12.1 Å². The maximum Gasteiger partial charge on any atom is 0.228 e. The van der Waals surface area contributed by atoms with Crippen LogP contribution in [0.4, 0.5) is 5.69 Å². The number of rotatable bonds is 5. The predicted molar refractivity (Wildman–Crippen MR) is 115 cm³/mol. The molecule has 1 N–H and O–H groups in total. The molecule has 2 heterocycles. The molecule has 138 valence electrons. The molecular formula is C22H16ClN3OS. The van der Waals surface area contributed by atoms with Gasteiger partial charge in [-0.3, -0.25) is 9.78 Å². The van der Waals surface area contributed by atoms with E-state index in [0.717, 1.165) is 33.1 Å². The van der Waals surface area contributed by atoms with E-state index >= 15 is 0 Å². The van der Waals surface area contributed by atoms with Gasteiger partial charge in [-0.25, -0.2) is 4.98 Å². The van der Waals surface area contributed by atoms with Crippen molar-refractivity contribution in [3.63, 3.8) is 0 Å². The van der Waals surface area contributed by atoms with E-state index in [1.807, 2.05) is 41.8 Å². The number of hydrogen-bond acceptors (Lipinski definition) is 4. The van der Waals surface area contributed by atoms with Crippen molar-refractivity contribution in [1.29, 1.82) is 0 Å².